The number of thioether (sulfide) groups is 2. The first-order valence-electron chi connectivity index (χ1n) is 9.18. The van der Waals surface area contributed by atoms with Crippen LogP contribution in [-0.4, -0.2) is 51.2 Å². The monoisotopic (exact) mass is 431 g/mol. The van der Waals surface area contributed by atoms with Gasteiger partial charge in [0.15, 0.2) is 10.8 Å². The summed E-state index contributed by atoms with van der Waals surface area (Å²) in [5.74, 6) is 2.51. The summed E-state index contributed by atoms with van der Waals surface area (Å²) in [5, 5.41) is 4.76. The van der Waals surface area contributed by atoms with E-state index in [2.05, 4.69) is 32.1 Å². The molecule has 146 valence electrons. The highest BCUT2D eigenvalue weighted by Gasteiger charge is 2.18. The molecule has 0 radical (unpaired) electrons. The number of fused-ring (bicyclic) bond motifs is 1. The van der Waals surface area contributed by atoms with Gasteiger partial charge in [0.2, 0.25) is 5.91 Å². The molecule has 4 rings (SSSR count). The topological polar surface area (TPSA) is 71.0 Å². The van der Waals surface area contributed by atoms with Crippen molar-refractivity contribution in [2.24, 2.45) is 0 Å². The van der Waals surface area contributed by atoms with E-state index in [4.69, 9.17) is 0 Å². The Hall–Kier alpha value is -1.84. The molecule has 1 aliphatic heterocycles. The smallest absolute Gasteiger partial charge is 0.234 e. The first-order valence-corrected chi connectivity index (χ1v) is 12.1. The Balaban J connectivity index is 1.42. The molecule has 1 amide bonds. The highest BCUT2D eigenvalue weighted by Crippen LogP contribution is 2.34. The van der Waals surface area contributed by atoms with E-state index in [9.17, 15) is 4.79 Å². The summed E-state index contributed by atoms with van der Waals surface area (Å²) in [6.45, 7) is 4.14. The summed E-state index contributed by atoms with van der Waals surface area (Å²) in [7, 11) is 0. The van der Waals surface area contributed by atoms with Crippen LogP contribution in [0.3, 0.4) is 0 Å². The summed E-state index contributed by atoms with van der Waals surface area (Å²) in [6, 6.07) is 7.96. The molecule has 3 heterocycles. The summed E-state index contributed by atoms with van der Waals surface area (Å²) in [6.07, 6.45) is 2.52. The van der Waals surface area contributed by atoms with Crippen LogP contribution >= 0.6 is 34.9 Å². The molecule has 3 aromatic rings. The van der Waals surface area contributed by atoms with E-state index in [0.717, 1.165) is 51.6 Å². The highest BCUT2D eigenvalue weighted by atomic mass is 32.2. The Labute approximate surface area is 176 Å². The van der Waals surface area contributed by atoms with E-state index in [1.165, 1.54) is 23.7 Å². The molecule has 0 bridgehead atoms. The van der Waals surface area contributed by atoms with Gasteiger partial charge >= 0.3 is 0 Å². The molecule has 0 spiro atoms. The number of hydrogen-bond acceptors (Lipinski definition) is 8. The molecule has 1 aromatic carbocycles. The average molecular weight is 432 g/mol. The fourth-order valence-corrected chi connectivity index (χ4v) is 5.71. The molecule has 1 fully saturated rings. The molecule has 1 saturated heterocycles. The summed E-state index contributed by atoms with van der Waals surface area (Å²) in [5.41, 5.74) is 2.79. The van der Waals surface area contributed by atoms with Gasteiger partial charge < -0.3 is 10.2 Å². The molecule has 9 heteroatoms. The number of aromatic nitrogens is 3. The Morgan fingerprint density at radius 1 is 1.21 bits per heavy atom. The number of nitrogens with zero attached hydrogens (tertiary/aromatic N) is 4. The van der Waals surface area contributed by atoms with Crippen LogP contribution in [0, 0.1) is 0 Å². The van der Waals surface area contributed by atoms with Crippen LogP contribution < -0.4 is 10.2 Å². The van der Waals surface area contributed by atoms with Crippen molar-refractivity contribution in [3.63, 3.8) is 0 Å². The zero-order valence-electron chi connectivity index (χ0n) is 15.6. The minimum Gasteiger partial charge on any atom is -0.346 e. The fraction of sp³-hybridized carbons (Fsp3) is 0.368. The Kier molecular flexibility index (Phi) is 6.33. The molecule has 0 unspecified atom stereocenters. The van der Waals surface area contributed by atoms with Crippen LogP contribution in [0.15, 0.2) is 35.6 Å². The number of hydrogen-bond donors (Lipinski definition) is 1. The zero-order valence-corrected chi connectivity index (χ0v) is 18.0. The van der Waals surface area contributed by atoms with Crippen molar-refractivity contribution in [2.45, 2.75) is 18.4 Å². The number of anilines is 2. The van der Waals surface area contributed by atoms with Crippen molar-refractivity contribution >= 4 is 61.9 Å². The number of amides is 1. The van der Waals surface area contributed by atoms with Crippen LogP contribution in [-0.2, 0) is 11.2 Å². The first-order chi connectivity index (χ1) is 13.7. The lowest BCUT2D eigenvalue weighted by atomic mass is 10.1. The molecule has 0 atom stereocenters. The lowest BCUT2D eigenvalue weighted by molar-refractivity contribution is -0.113. The Morgan fingerprint density at radius 2 is 2.00 bits per heavy atom. The van der Waals surface area contributed by atoms with E-state index in [0.29, 0.717) is 11.4 Å². The fourth-order valence-electron chi connectivity index (χ4n) is 2.87. The van der Waals surface area contributed by atoms with Crippen LogP contribution in [0.25, 0.3) is 10.3 Å². The van der Waals surface area contributed by atoms with Gasteiger partial charge in [-0.15, -0.1) is 0 Å². The van der Waals surface area contributed by atoms with Gasteiger partial charge in [-0.3, -0.25) is 4.79 Å². The minimum absolute atomic E-state index is 0.0428. The van der Waals surface area contributed by atoms with E-state index in [1.54, 1.807) is 11.3 Å². The number of carbonyl (C=O) groups is 1. The predicted molar refractivity (Wildman–Crippen MR) is 120 cm³/mol. The van der Waals surface area contributed by atoms with E-state index in [-0.39, 0.29) is 5.91 Å². The summed E-state index contributed by atoms with van der Waals surface area (Å²) in [4.78, 5) is 28.0. The number of thiazole rings is 1. The molecule has 28 heavy (non-hydrogen) atoms. The number of carbonyl (C=O) groups excluding carboxylic acids is 1. The van der Waals surface area contributed by atoms with Gasteiger partial charge in [-0.2, -0.15) is 16.7 Å². The van der Waals surface area contributed by atoms with Gasteiger partial charge in [0.25, 0.3) is 0 Å². The maximum absolute atomic E-state index is 12.3. The quantitative estimate of drug-likeness (QED) is 0.468. The molecular weight excluding hydrogens is 410 g/mol. The number of aryl methyl sites for hydroxylation is 1. The highest BCUT2D eigenvalue weighted by molar-refractivity contribution is 8.00. The SMILES string of the molecule is CCc1ccc(NC(=O)CSc2ncnc3nc(N4CCSCC4)sc23)cc1. The van der Waals surface area contributed by atoms with Crippen molar-refractivity contribution in [1.29, 1.82) is 0 Å². The van der Waals surface area contributed by atoms with E-state index in [1.807, 2.05) is 36.0 Å². The molecule has 6 nitrogen and oxygen atoms in total. The normalized spacial score (nSPS) is 14.4. The van der Waals surface area contributed by atoms with Crippen molar-refractivity contribution < 1.29 is 4.79 Å². The van der Waals surface area contributed by atoms with Gasteiger partial charge in [-0.1, -0.05) is 42.2 Å². The van der Waals surface area contributed by atoms with Crippen LogP contribution in [0.5, 0.6) is 0 Å². The van der Waals surface area contributed by atoms with Crippen LogP contribution in [0.4, 0.5) is 10.8 Å². The molecular formula is C19H21N5OS3. The zero-order chi connectivity index (χ0) is 19.3. The molecule has 1 aliphatic rings. The van der Waals surface area contributed by atoms with Gasteiger partial charge in [-0.25, -0.2) is 9.97 Å². The van der Waals surface area contributed by atoms with Crippen LogP contribution in [0.1, 0.15) is 12.5 Å². The summed E-state index contributed by atoms with van der Waals surface area (Å²) < 4.78 is 0.959. The van der Waals surface area contributed by atoms with Gasteiger partial charge in [0.05, 0.1) is 5.75 Å². The second kappa shape index (κ2) is 9.11. The third-order valence-electron chi connectivity index (χ3n) is 4.41. The van der Waals surface area contributed by atoms with Crippen molar-refractivity contribution in [2.75, 3.05) is 40.6 Å². The molecule has 1 N–H and O–H groups in total. The number of benzene rings is 1. The second-order valence-corrected chi connectivity index (χ2v) is 9.48. The lowest BCUT2D eigenvalue weighted by Gasteiger charge is -2.25. The van der Waals surface area contributed by atoms with Gasteiger partial charge in [-0.05, 0) is 24.1 Å². The van der Waals surface area contributed by atoms with E-state index >= 15 is 0 Å². The van der Waals surface area contributed by atoms with Gasteiger partial charge in [0, 0.05) is 30.3 Å². The third-order valence-corrected chi connectivity index (χ3v) is 7.59. The van der Waals surface area contributed by atoms with E-state index < -0.39 is 0 Å². The molecule has 2 aromatic heterocycles. The number of rotatable bonds is 6. The van der Waals surface area contributed by atoms with Crippen molar-refractivity contribution in [3.8, 4) is 0 Å². The Morgan fingerprint density at radius 3 is 2.75 bits per heavy atom. The summed E-state index contributed by atoms with van der Waals surface area (Å²) >= 11 is 5.02. The predicted octanol–water partition coefficient (Wildman–Crippen LogP) is 3.93. The standard InChI is InChI=1S/C19H21N5OS3/c1-2-13-3-5-14(6-4-13)22-15(25)11-27-18-16-17(20-12-21-18)23-19(28-16)24-7-9-26-10-8-24/h3-6,12H,2,7-11H2,1H3,(H,22,25). The molecule has 0 aliphatic carbocycles. The maximum Gasteiger partial charge on any atom is 0.234 e. The van der Waals surface area contributed by atoms with Crippen molar-refractivity contribution in [1.82, 2.24) is 15.0 Å². The maximum atomic E-state index is 12.3. The first kappa shape index (κ1) is 19.5. The minimum atomic E-state index is -0.0428. The number of nitrogens with one attached hydrogen (secondary N) is 1. The van der Waals surface area contributed by atoms with Gasteiger partial charge in [0.1, 0.15) is 16.1 Å². The van der Waals surface area contributed by atoms with Crippen molar-refractivity contribution in [3.05, 3.63) is 36.2 Å². The molecule has 0 saturated carbocycles. The largest absolute Gasteiger partial charge is 0.346 e. The second-order valence-electron chi connectivity index (χ2n) is 6.31. The third kappa shape index (κ3) is 4.59. The van der Waals surface area contributed by atoms with Crippen LogP contribution in [0.2, 0.25) is 0 Å². The average Bonchev–Trinajstić information content (AvgIpc) is 3.18. The lowest BCUT2D eigenvalue weighted by Crippen LogP contribution is -2.32. The Bertz CT molecular complexity index is 954.